The van der Waals surface area contributed by atoms with Gasteiger partial charge in [-0.15, -0.1) is 0 Å². The molecule has 0 saturated carbocycles. The number of rotatable bonds is 4. The van der Waals surface area contributed by atoms with Crippen LogP contribution in [-0.4, -0.2) is 17.1 Å². The molecular weight excluding hydrogens is 220 g/mol. The predicted octanol–water partition coefficient (Wildman–Crippen LogP) is 2.27. The van der Waals surface area contributed by atoms with E-state index in [1.54, 1.807) is 30.3 Å². The van der Waals surface area contributed by atoms with Gasteiger partial charge in [0, 0.05) is 6.07 Å². The molecule has 17 heavy (non-hydrogen) atoms. The molecule has 1 heterocycles. The van der Waals surface area contributed by atoms with Crippen LogP contribution in [0.15, 0.2) is 52.2 Å². The van der Waals surface area contributed by atoms with Crippen molar-refractivity contribution in [2.24, 2.45) is 5.10 Å². The van der Waals surface area contributed by atoms with Crippen LogP contribution in [0.1, 0.15) is 10.6 Å². The van der Waals surface area contributed by atoms with Gasteiger partial charge in [-0.1, -0.05) is 6.07 Å². The SMILES string of the molecule is O=C(/C=N\Nc1cccc(O)c1)c1ccco1. The second kappa shape index (κ2) is 4.98. The maximum Gasteiger partial charge on any atom is 0.240 e. The minimum Gasteiger partial charge on any atom is -0.508 e. The summed E-state index contributed by atoms with van der Waals surface area (Å²) >= 11 is 0. The summed E-state index contributed by atoms with van der Waals surface area (Å²) in [7, 11) is 0. The molecule has 0 spiro atoms. The highest BCUT2D eigenvalue weighted by Crippen LogP contribution is 2.14. The standard InChI is InChI=1S/C12H10N2O3/c15-10-4-1-3-9(7-10)14-13-8-11(16)12-5-2-6-17-12/h1-8,14-15H/b13-8-. The number of carbonyl (C=O) groups is 1. The summed E-state index contributed by atoms with van der Waals surface area (Å²) in [6.07, 6.45) is 2.53. The smallest absolute Gasteiger partial charge is 0.240 e. The van der Waals surface area contributed by atoms with Crippen LogP contribution < -0.4 is 5.43 Å². The van der Waals surface area contributed by atoms with Crippen LogP contribution in [0, 0.1) is 0 Å². The summed E-state index contributed by atoms with van der Waals surface area (Å²) in [5.74, 6) is 0.0247. The van der Waals surface area contributed by atoms with E-state index < -0.39 is 0 Å². The Kier molecular flexibility index (Phi) is 3.20. The summed E-state index contributed by atoms with van der Waals surface area (Å²) < 4.78 is 4.91. The Bertz CT molecular complexity index is 532. The average Bonchev–Trinajstić information content (AvgIpc) is 2.82. The number of nitrogens with zero attached hydrogens (tertiary/aromatic N) is 1. The Labute approximate surface area is 97.4 Å². The molecule has 86 valence electrons. The fourth-order valence-electron chi connectivity index (χ4n) is 1.22. The second-order valence-corrected chi connectivity index (χ2v) is 3.26. The monoisotopic (exact) mass is 230 g/mol. The van der Waals surface area contributed by atoms with Crippen molar-refractivity contribution >= 4 is 17.7 Å². The summed E-state index contributed by atoms with van der Waals surface area (Å²) in [4.78, 5) is 11.4. The van der Waals surface area contributed by atoms with Gasteiger partial charge in [-0.2, -0.15) is 5.10 Å². The zero-order valence-electron chi connectivity index (χ0n) is 8.83. The van der Waals surface area contributed by atoms with E-state index in [1.165, 1.54) is 12.3 Å². The van der Waals surface area contributed by atoms with Crippen molar-refractivity contribution in [3.63, 3.8) is 0 Å². The van der Waals surface area contributed by atoms with Crippen LogP contribution in [0.25, 0.3) is 0 Å². The van der Waals surface area contributed by atoms with Gasteiger partial charge in [-0.25, -0.2) is 0 Å². The van der Waals surface area contributed by atoms with Crippen molar-refractivity contribution in [1.82, 2.24) is 0 Å². The van der Waals surface area contributed by atoms with Crippen molar-refractivity contribution in [2.45, 2.75) is 0 Å². The maximum atomic E-state index is 11.4. The number of ketones is 1. The number of benzene rings is 1. The van der Waals surface area contributed by atoms with Crippen LogP contribution in [0.5, 0.6) is 5.75 Å². The summed E-state index contributed by atoms with van der Waals surface area (Å²) in [6, 6.07) is 9.61. The third-order valence-corrected chi connectivity index (χ3v) is 1.99. The predicted molar refractivity (Wildman–Crippen MR) is 63.3 cm³/mol. The third kappa shape index (κ3) is 2.94. The van der Waals surface area contributed by atoms with E-state index >= 15 is 0 Å². The van der Waals surface area contributed by atoms with Gasteiger partial charge in [0.25, 0.3) is 0 Å². The topological polar surface area (TPSA) is 74.8 Å². The first kappa shape index (κ1) is 10.9. The highest BCUT2D eigenvalue weighted by atomic mass is 16.3. The molecular formula is C12H10N2O3. The Morgan fingerprint density at radius 3 is 2.94 bits per heavy atom. The van der Waals surface area contributed by atoms with E-state index in [-0.39, 0.29) is 17.3 Å². The van der Waals surface area contributed by atoms with Gasteiger partial charge in [0.05, 0.1) is 18.2 Å². The lowest BCUT2D eigenvalue weighted by Gasteiger charge is -1.99. The van der Waals surface area contributed by atoms with Crippen LogP contribution in [-0.2, 0) is 0 Å². The van der Waals surface area contributed by atoms with E-state index in [9.17, 15) is 9.90 Å². The maximum absolute atomic E-state index is 11.4. The zero-order chi connectivity index (χ0) is 12.1. The lowest BCUT2D eigenvalue weighted by molar-refractivity contribution is 0.104. The quantitative estimate of drug-likeness (QED) is 0.480. The molecule has 1 aromatic carbocycles. The molecule has 1 aromatic heterocycles. The molecule has 0 atom stereocenters. The lowest BCUT2D eigenvalue weighted by Crippen LogP contribution is -2.00. The molecule has 2 rings (SSSR count). The summed E-state index contributed by atoms with van der Waals surface area (Å²) in [6.45, 7) is 0. The third-order valence-electron chi connectivity index (χ3n) is 1.99. The van der Waals surface area contributed by atoms with Gasteiger partial charge >= 0.3 is 0 Å². The highest BCUT2D eigenvalue weighted by Gasteiger charge is 2.04. The number of nitrogens with one attached hydrogen (secondary N) is 1. The molecule has 0 radical (unpaired) electrons. The first-order valence-electron chi connectivity index (χ1n) is 4.91. The summed E-state index contributed by atoms with van der Waals surface area (Å²) in [5.41, 5.74) is 3.22. The molecule has 0 aliphatic heterocycles. The number of Topliss-reactive ketones (excluding diaryl/α,β-unsaturated/α-hetero) is 1. The van der Waals surface area contributed by atoms with Crippen LogP contribution in [0.2, 0.25) is 0 Å². The first-order valence-corrected chi connectivity index (χ1v) is 4.91. The second-order valence-electron chi connectivity index (χ2n) is 3.26. The Hall–Kier alpha value is -2.56. The molecule has 0 bridgehead atoms. The highest BCUT2D eigenvalue weighted by molar-refractivity contribution is 6.34. The van der Waals surface area contributed by atoms with Gasteiger partial charge in [0.15, 0.2) is 5.76 Å². The number of hydrogen-bond acceptors (Lipinski definition) is 5. The lowest BCUT2D eigenvalue weighted by atomic mass is 10.3. The van der Waals surface area contributed by atoms with Gasteiger partial charge in [0.2, 0.25) is 5.78 Å². The van der Waals surface area contributed by atoms with E-state index in [1.807, 2.05) is 0 Å². The molecule has 0 fully saturated rings. The molecule has 0 saturated heterocycles. The molecule has 0 amide bonds. The zero-order valence-corrected chi connectivity index (χ0v) is 8.83. The number of hydrogen-bond donors (Lipinski definition) is 2. The normalized spacial score (nSPS) is 10.6. The molecule has 5 heteroatoms. The van der Waals surface area contributed by atoms with Crippen LogP contribution in [0.3, 0.4) is 0 Å². The summed E-state index contributed by atoms with van der Waals surface area (Å²) in [5, 5.41) is 12.9. The van der Waals surface area contributed by atoms with E-state index in [4.69, 9.17) is 4.42 Å². The van der Waals surface area contributed by atoms with Gasteiger partial charge in [0.1, 0.15) is 5.75 Å². The minimum atomic E-state index is -0.331. The number of phenolic OH excluding ortho intramolecular Hbond substituents is 1. The number of aromatic hydroxyl groups is 1. The Morgan fingerprint density at radius 1 is 1.35 bits per heavy atom. The fraction of sp³-hybridized carbons (Fsp3) is 0. The molecule has 0 aliphatic carbocycles. The molecule has 5 nitrogen and oxygen atoms in total. The Balaban J connectivity index is 1.96. The van der Waals surface area contributed by atoms with Gasteiger partial charge in [-0.3, -0.25) is 10.2 Å². The van der Waals surface area contributed by atoms with E-state index in [0.717, 1.165) is 6.21 Å². The van der Waals surface area contributed by atoms with Crippen LogP contribution >= 0.6 is 0 Å². The van der Waals surface area contributed by atoms with Gasteiger partial charge in [-0.05, 0) is 24.3 Å². The molecule has 2 N–H and O–H groups in total. The van der Waals surface area contributed by atoms with Crippen molar-refractivity contribution in [3.05, 3.63) is 48.4 Å². The van der Waals surface area contributed by atoms with Crippen molar-refractivity contribution < 1.29 is 14.3 Å². The fourth-order valence-corrected chi connectivity index (χ4v) is 1.22. The number of carbonyl (C=O) groups excluding carboxylic acids is 1. The van der Waals surface area contributed by atoms with Crippen molar-refractivity contribution in [2.75, 3.05) is 5.43 Å². The van der Waals surface area contributed by atoms with Gasteiger partial charge < -0.3 is 9.52 Å². The van der Waals surface area contributed by atoms with Crippen molar-refractivity contribution in [3.8, 4) is 5.75 Å². The first-order chi connectivity index (χ1) is 8.25. The van der Waals surface area contributed by atoms with Crippen molar-refractivity contribution in [1.29, 1.82) is 0 Å². The largest absolute Gasteiger partial charge is 0.508 e. The minimum absolute atomic E-state index is 0.127. The molecule has 0 aliphatic rings. The number of anilines is 1. The van der Waals surface area contributed by atoms with E-state index in [2.05, 4.69) is 10.5 Å². The van der Waals surface area contributed by atoms with Crippen LogP contribution in [0.4, 0.5) is 5.69 Å². The average molecular weight is 230 g/mol. The molecule has 0 unspecified atom stereocenters. The Morgan fingerprint density at radius 2 is 2.24 bits per heavy atom. The van der Waals surface area contributed by atoms with E-state index in [0.29, 0.717) is 5.69 Å². The number of furan rings is 1. The number of phenols is 1. The molecule has 2 aromatic rings. The number of hydrazone groups is 1.